The number of halogens is 1. The summed E-state index contributed by atoms with van der Waals surface area (Å²) in [6, 6.07) is 10.2. The minimum absolute atomic E-state index is 0.00801. The van der Waals surface area contributed by atoms with Crippen LogP contribution in [0.4, 0.5) is 4.39 Å². The summed E-state index contributed by atoms with van der Waals surface area (Å²) in [6.45, 7) is 7.18. The highest BCUT2D eigenvalue weighted by Gasteiger charge is 2.23. The first-order valence-corrected chi connectivity index (χ1v) is 10.5. The summed E-state index contributed by atoms with van der Waals surface area (Å²) in [6.07, 6.45) is 0. The molecule has 0 radical (unpaired) electrons. The second-order valence-electron chi connectivity index (χ2n) is 7.30. The molecule has 29 heavy (non-hydrogen) atoms. The molecule has 0 saturated carbocycles. The average molecular weight is 421 g/mol. The lowest BCUT2D eigenvalue weighted by atomic mass is 10.1. The van der Waals surface area contributed by atoms with Gasteiger partial charge in [-0.05, 0) is 36.8 Å². The molecule has 1 aromatic heterocycles. The van der Waals surface area contributed by atoms with Crippen molar-refractivity contribution in [2.75, 3.05) is 26.8 Å². The maximum absolute atomic E-state index is 13.3. The molecule has 5 nitrogen and oxygen atoms in total. The third-order valence-corrected chi connectivity index (χ3v) is 5.46. The summed E-state index contributed by atoms with van der Waals surface area (Å²) in [5.41, 5.74) is 0.839. The Hall–Kier alpha value is -2.25. The number of carbonyl (C=O) groups excluding carboxylic acids is 2. The summed E-state index contributed by atoms with van der Waals surface area (Å²) in [5, 5.41) is 0. The van der Waals surface area contributed by atoms with Crippen molar-refractivity contribution in [3.05, 3.63) is 57.5 Å². The molecule has 2 aromatic rings. The summed E-state index contributed by atoms with van der Waals surface area (Å²) >= 11 is 1.64. The van der Waals surface area contributed by atoms with Gasteiger partial charge >= 0.3 is 0 Å². The highest BCUT2D eigenvalue weighted by Crippen LogP contribution is 2.19. The van der Waals surface area contributed by atoms with E-state index in [-0.39, 0.29) is 30.1 Å². The van der Waals surface area contributed by atoms with Gasteiger partial charge in [-0.25, -0.2) is 4.39 Å². The van der Waals surface area contributed by atoms with Crippen molar-refractivity contribution < 1.29 is 18.7 Å². The molecular formula is C22H29FN2O3S. The van der Waals surface area contributed by atoms with Crippen molar-refractivity contribution >= 4 is 23.2 Å². The normalized spacial score (nSPS) is 11.0. The summed E-state index contributed by atoms with van der Waals surface area (Å²) in [7, 11) is 1.57. The van der Waals surface area contributed by atoms with Gasteiger partial charge < -0.3 is 14.5 Å². The Balaban J connectivity index is 2.18. The van der Waals surface area contributed by atoms with E-state index < -0.39 is 0 Å². The van der Waals surface area contributed by atoms with Gasteiger partial charge in [-0.15, -0.1) is 11.3 Å². The van der Waals surface area contributed by atoms with Gasteiger partial charge in [0.05, 0.1) is 19.7 Å². The SMILES string of the molecule is COCCN(CC(=O)N(Cc1ccc(F)cc1)Cc1ccc(C)s1)C(=O)C(C)C. The van der Waals surface area contributed by atoms with Gasteiger partial charge in [0.25, 0.3) is 0 Å². The average Bonchev–Trinajstić information content (AvgIpc) is 3.10. The molecule has 0 N–H and O–H groups in total. The molecule has 0 fully saturated rings. The first kappa shape index (κ1) is 23.0. The zero-order valence-electron chi connectivity index (χ0n) is 17.5. The van der Waals surface area contributed by atoms with E-state index in [1.54, 1.807) is 40.4 Å². The van der Waals surface area contributed by atoms with E-state index in [1.807, 2.05) is 32.9 Å². The van der Waals surface area contributed by atoms with Crippen LogP contribution in [0, 0.1) is 18.7 Å². The number of thiophene rings is 1. The molecule has 0 aliphatic carbocycles. The van der Waals surface area contributed by atoms with E-state index in [9.17, 15) is 14.0 Å². The minimum Gasteiger partial charge on any atom is -0.383 e. The maximum atomic E-state index is 13.3. The Bertz CT molecular complexity index is 805. The van der Waals surface area contributed by atoms with Crippen LogP contribution in [0.1, 0.15) is 29.2 Å². The van der Waals surface area contributed by atoms with Crippen molar-refractivity contribution in [2.24, 2.45) is 5.92 Å². The standard InChI is InChI=1S/C22H29FN2O3S/c1-16(2)22(27)24(11-12-28-4)15-21(26)25(14-20-10-5-17(3)29-20)13-18-6-8-19(23)9-7-18/h5-10,16H,11-15H2,1-4H3. The van der Waals surface area contributed by atoms with E-state index in [2.05, 4.69) is 0 Å². The van der Waals surface area contributed by atoms with E-state index >= 15 is 0 Å². The molecule has 2 rings (SSSR count). The number of benzene rings is 1. The highest BCUT2D eigenvalue weighted by molar-refractivity contribution is 7.11. The van der Waals surface area contributed by atoms with Crippen molar-refractivity contribution in [3.8, 4) is 0 Å². The number of hydrogen-bond acceptors (Lipinski definition) is 4. The van der Waals surface area contributed by atoms with Gasteiger partial charge in [0.2, 0.25) is 11.8 Å². The van der Waals surface area contributed by atoms with Crippen molar-refractivity contribution in [2.45, 2.75) is 33.9 Å². The zero-order chi connectivity index (χ0) is 21.4. The van der Waals surface area contributed by atoms with Crippen LogP contribution in [0.15, 0.2) is 36.4 Å². The van der Waals surface area contributed by atoms with Crippen LogP contribution in [0.2, 0.25) is 0 Å². The second-order valence-corrected chi connectivity index (χ2v) is 8.67. The zero-order valence-corrected chi connectivity index (χ0v) is 18.3. The first-order chi connectivity index (χ1) is 13.8. The van der Waals surface area contributed by atoms with Crippen molar-refractivity contribution in [1.29, 1.82) is 0 Å². The van der Waals surface area contributed by atoms with Gasteiger partial charge in [-0.3, -0.25) is 9.59 Å². The summed E-state index contributed by atoms with van der Waals surface area (Å²) in [4.78, 5) is 31.2. The van der Waals surface area contributed by atoms with Crippen LogP contribution >= 0.6 is 11.3 Å². The smallest absolute Gasteiger partial charge is 0.242 e. The highest BCUT2D eigenvalue weighted by atomic mass is 32.1. The van der Waals surface area contributed by atoms with Crippen LogP contribution in [0.5, 0.6) is 0 Å². The van der Waals surface area contributed by atoms with Gasteiger partial charge in [0.15, 0.2) is 0 Å². The quantitative estimate of drug-likeness (QED) is 0.587. The molecule has 0 aliphatic rings. The molecular weight excluding hydrogens is 391 g/mol. The molecule has 158 valence electrons. The predicted molar refractivity (Wildman–Crippen MR) is 113 cm³/mol. The van der Waals surface area contributed by atoms with Crippen LogP contribution in [-0.4, -0.2) is 48.4 Å². The largest absolute Gasteiger partial charge is 0.383 e. The Kier molecular flexibility index (Phi) is 8.79. The molecule has 0 atom stereocenters. The van der Waals surface area contributed by atoms with E-state index in [1.165, 1.54) is 17.0 Å². The molecule has 0 unspecified atom stereocenters. The topological polar surface area (TPSA) is 49.9 Å². The Morgan fingerprint density at radius 2 is 1.76 bits per heavy atom. The molecule has 0 spiro atoms. The molecule has 0 aliphatic heterocycles. The predicted octanol–water partition coefficient (Wildman–Crippen LogP) is 3.86. The fourth-order valence-corrected chi connectivity index (χ4v) is 3.80. The van der Waals surface area contributed by atoms with E-state index in [4.69, 9.17) is 4.74 Å². The molecule has 7 heteroatoms. The minimum atomic E-state index is -0.311. The molecule has 0 saturated heterocycles. The maximum Gasteiger partial charge on any atom is 0.242 e. The van der Waals surface area contributed by atoms with Gasteiger partial charge in [0.1, 0.15) is 5.82 Å². The van der Waals surface area contributed by atoms with Gasteiger partial charge in [-0.1, -0.05) is 26.0 Å². The monoisotopic (exact) mass is 420 g/mol. The van der Waals surface area contributed by atoms with Crippen molar-refractivity contribution in [3.63, 3.8) is 0 Å². The number of amides is 2. The summed E-state index contributed by atoms with van der Waals surface area (Å²) < 4.78 is 18.3. The Morgan fingerprint density at radius 1 is 1.07 bits per heavy atom. The number of rotatable bonds is 10. The number of hydrogen-bond donors (Lipinski definition) is 0. The number of aryl methyl sites for hydroxylation is 1. The number of methoxy groups -OCH3 is 1. The lowest BCUT2D eigenvalue weighted by Gasteiger charge is -2.28. The van der Waals surface area contributed by atoms with Crippen LogP contribution in [0.25, 0.3) is 0 Å². The number of nitrogens with zero attached hydrogens (tertiary/aromatic N) is 2. The third kappa shape index (κ3) is 7.25. The second kappa shape index (κ2) is 11.1. The fourth-order valence-electron chi connectivity index (χ4n) is 2.90. The van der Waals surface area contributed by atoms with Crippen LogP contribution in [-0.2, 0) is 27.4 Å². The number of carbonyl (C=O) groups is 2. The number of ether oxygens (including phenoxy) is 1. The fraction of sp³-hybridized carbons (Fsp3) is 0.455. The van der Waals surface area contributed by atoms with Gasteiger partial charge in [-0.2, -0.15) is 0 Å². The third-order valence-electron chi connectivity index (χ3n) is 4.48. The van der Waals surface area contributed by atoms with Gasteiger partial charge in [0, 0.05) is 35.9 Å². The molecule has 2 amide bonds. The molecule has 1 heterocycles. The molecule has 0 bridgehead atoms. The molecule has 1 aromatic carbocycles. The first-order valence-electron chi connectivity index (χ1n) is 9.65. The Morgan fingerprint density at radius 3 is 2.31 bits per heavy atom. The Labute approximate surface area is 176 Å². The van der Waals surface area contributed by atoms with Crippen LogP contribution < -0.4 is 0 Å². The lowest BCUT2D eigenvalue weighted by Crippen LogP contribution is -2.45. The van der Waals surface area contributed by atoms with E-state index in [0.717, 1.165) is 10.4 Å². The van der Waals surface area contributed by atoms with E-state index in [0.29, 0.717) is 26.2 Å². The van der Waals surface area contributed by atoms with Crippen LogP contribution in [0.3, 0.4) is 0 Å². The van der Waals surface area contributed by atoms with Crippen molar-refractivity contribution in [1.82, 2.24) is 9.80 Å². The lowest BCUT2D eigenvalue weighted by molar-refractivity contribution is -0.143. The summed E-state index contributed by atoms with van der Waals surface area (Å²) in [5.74, 6) is -0.742.